The van der Waals surface area contributed by atoms with Gasteiger partial charge >= 0.3 is 6.03 Å². The lowest BCUT2D eigenvalue weighted by Crippen LogP contribution is -2.29. The first-order chi connectivity index (χ1) is 15.4. The molecule has 0 aliphatic carbocycles. The number of ether oxygens (including phenoxy) is 1. The number of nitrogens with zero attached hydrogens (tertiary/aromatic N) is 1. The number of hydrogen-bond donors (Lipinski definition) is 2. The summed E-state index contributed by atoms with van der Waals surface area (Å²) in [6, 6.07) is 18.1. The number of urea groups is 1. The summed E-state index contributed by atoms with van der Waals surface area (Å²) < 4.78 is 5.17. The standard InChI is InChI=1S/C25H24ClN3O3/c1-16-3-8-20(26)14-22(16)28-25(31)27-15-17-4-5-18-11-12-29(23(18)13-17)24(30)19-6-9-21(32-2)10-7-19/h3-10,13-14H,11-12,15H2,1-2H3,(H2,27,28,31). The van der Waals surface area contributed by atoms with Crippen LogP contribution in [0.2, 0.25) is 5.02 Å². The molecular weight excluding hydrogens is 426 g/mol. The highest BCUT2D eigenvalue weighted by Gasteiger charge is 2.26. The van der Waals surface area contributed by atoms with E-state index in [1.54, 1.807) is 48.4 Å². The van der Waals surface area contributed by atoms with Crippen molar-refractivity contribution in [2.24, 2.45) is 0 Å². The SMILES string of the molecule is COc1ccc(C(=O)N2CCc3ccc(CNC(=O)Nc4cc(Cl)ccc4C)cc32)cc1. The zero-order valence-electron chi connectivity index (χ0n) is 17.9. The van der Waals surface area contributed by atoms with E-state index in [4.69, 9.17) is 16.3 Å². The summed E-state index contributed by atoms with van der Waals surface area (Å²) >= 11 is 6.02. The molecule has 0 fully saturated rings. The van der Waals surface area contributed by atoms with E-state index in [9.17, 15) is 9.59 Å². The number of carbonyl (C=O) groups excluding carboxylic acids is 2. The molecule has 0 bridgehead atoms. The van der Waals surface area contributed by atoms with Gasteiger partial charge in [0.1, 0.15) is 5.75 Å². The Labute approximate surface area is 192 Å². The lowest BCUT2D eigenvalue weighted by Gasteiger charge is -2.18. The van der Waals surface area contributed by atoms with Gasteiger partial charge < -0.3 is 20.3 Å². The summed E-state index contributed by atoms with van der Waals surface area (Å²) in [5, 5.41) is 6.25. The van der Waals surface area contributed by atoms with Crippen molar-refractivity contribution < 1.29 is 14.3 Å². The van der Waals surface area contributed by atoms with Crippen molar-refractivity contribution in [1.29, 1.82) is 0 Å². The van der Waals surface area contributed by atoms with Crippen LogP contribution in [0, 0.1) is 6.92 Å². The van der Waals surface area contributed by atoms with E-state index in [0.717, 1.165) is 28.8 Å². The summed E-state index contributed by atoms with van der Waals surface area (Å²) in [6.07, 6.45) is 0.805. The lowest BCUT2D eigenvalue weighted by atomic mass is 10.1. The molecule has 0 spiro atoms. The quantitative estimate of drug-likeness (QED) is 0.563. The van der Waals surface area contributed by atoms with Gasteiger partial charge in [-0.3, -0.25) is 4.79 Å². The van der Waals surface area contributed by atoms with Gasteiger partial charge in [0.05, 0.1) is 7.11 Å². The maximum absolute atomic E-state index is 13.0. The normalized spacial score (nSPS) is 12.3. The molecule has 0 aromatic heterocycles. The van der Waals surface area contributed by atoms with E-state index < -0.39 is 0 Å². The van der Waals surface area contributed by atoms with E-state index in [1.807, 2.05) is 31.2 Å². The van der Waals surface area contributed by atoms with Crippen molar-refractivity contribution in [3.8, 4) is 5.75 Å². The van der Waals surface area contributed by atoms with E-state index in [-0.39, 0.29) is 11.9 Å². The third-order valence-electron chi connectivity index (χ3n) is 5.53. The number of rotatable bonds is 5. The number of benzene rings is 3. The molecule has 1 aliphatic rings. The number of fused-ring (bicyclic) bond motifs is 1. The van der Waals surface area contributed by atoms with Crippen LogP contribution in [0.4, 0.5) is 16.2 Å². The Morgan fingerprint density at radius 3 is 2.59 bits per heavy atom. The minimum absolute atomic E-state index is 0.0503. The Morgan fingerprint density at radius 1 is 1.06 bits per heavy atom. The maximum Gasteiger partial charge on any atom is 0.319 e. The minimum Gasteiger partial charge on any atom is -0.497 e. The minimum atomic E-state index is -0.318. The van der Waals surface area contributed by atoms with Crippen LogP contribution in [0.15, 0.2) is 60.7 Å². The topological polar surface area (TPSA) is 70.7 Å². The Balaban J connectivity index is 1.43. The third kappa shape index (κ3) is 4.70. The van der Waals surface area contributed by atoms with Crippen molar-refractivity contribution in [3.63, 3.8) is 0 Å². The van der Waals surface area contributed by atoms with Gasteiger partial charge in [-0.1, -0.05) is 29.8 Å². The predicted molar refractivity (Wildman–Crippen MR) is 127 cm³/mol. The van der Waals surface area contributed by atoms with Gasteiger partial charge in [-0.2, -0.15) is 0 Å². The summed E-state index contributed by atoms with van der Waals surface area (Å²) in [5.74, 6) is 0.661. The summed E-state index contributed by atoms with van der Waals surface area (Å²) in [4.78, 5) is 27.2. The number of anilines is 2. The van der Waals surface area contributed by atoms with Gasteiger partial charge in [0.15, 0.2) is 0 Å². The molecule has 0 saturated heterocycles. The smallest absolute Gasteiger partial charge is 0.319 e. The molecule has 164 valence electrons. The zero-order valence-corrected chi connectivity index (χ0v) is 18.7. The number of aryl methyl sites for hydroxylation is 1. The van der Waals surface area contributed by atoms with Gasteiger partial charge in [-0.25, -0.2) is 4.79 Å². The van der Waals surface area contributed by atoms with Crippen molar-refractivity contribution in [3.05, 3.63) is 87.9 Å². The van der Waals surface area contributed by atoms with Crippen molar-refractivity contribution in [2.45, 2.75) is 19.9 Å². The second-order valence-electron chi connectivity index (χ2n) is 7.67. The number of methoxy groups -OCH3 is 1. The van der Waals surface area contributed by atoms with Gasteiger partial charge in [0, 0.05) is 35.1 Å². The number of carbonyl (C=O) groups is 2. The summed E-state index contributed by atoms with van der Waals surface area (Å²) in [7, 11) is 1.60. The molecule has 0 unspecified atom stereocenters. The second kappa shape index (κ2) is 9.32. The van der Waals surface area contributed by atoms with Crippen LogP contribution in [0.5, 0.6) is 5.75 Å². The van der Waals surface area contributed by atoms with Crippen LogP contribution < -0.4 is 20.3 Å². The molecule has 7 heteroatoms. The average Bonchev–Trinajstić information content (AvgIpc) is 3.23. The molecule has 1 aliphatic heterocycles. The predicted octanol–water partition coefficient (Wildman–Crippen LogP) is 5.18. The molecular formula is C25H24ClN3O3. The Bertz CT molecular complexity index is 1160. The van der Waals surface area contributed by atoms with Gasteiger partial charge in [0.2, 0.25) is 0 Å². The monoisotopic (exact) mass is 449 g/mol. The molecule has 3 amide bonds. The van der Waals surface area contributed by atoms with Crippen LogP contribution in [0.25, 0.3) is 0 Å². The largest absolute Gasteiger partial charge is 0.497 e. The molecule has 3 aromatic rings. The lowest BCUT2D eigenvalue weighted by molar-refractivity contribution is 0.0989. The highest BCUT2D eigenvalue weighted by molar-refractivity contribution is 6.31. The van der Waals surface area contributed by atoms with Crippen LogP contribution in [-0.2, 0) is 13.0 Å². The molecule has 2 N–H and O–H groups in total. The fourth-order valence-corrected chi connectivity index (χ4v) is 3.88. The van der Waals surface area contributed by atoms with E-state index in [2.05, 4.69) is 10.6 Å². The molecule has 1 heterocycles. The van der Waals surface area contributed by atoms with E-state index in [1.165, 1.54) is 0 Å². The second-order valence-corrected chi connectivity index (χ2v) is 8.10. The van der Waals surface area contributed by atoms with Crippen molar-refractivity contribution in [1.82, 2.24) is 5.32 Å². The van der Waals surface area contributed by atoms with E-state index >= 15 is 0 Å². The maximum atomic E-state index is 13.0. The molecule has 32 heavy (non-hydrogen) atoms. The van der Waals surface area contributed by atoms with Crippen LogP contribution in [-0.4, -0.2) is 25.6 Å². The van der Waals surface area contributed by atoms with Gasteiger partial charge in [0.25, 0.3) is 5.91 Å². The highest BCUT2D eigenvalue weighted by Crippen LogP contribution is 2.31. The fourth-order valence-electron chi connectivity index (χ4n) is 3.71. The number of amides is 3. The number of hydrogen-bond acceptors (Lipinski definition) is 3. The van der Waals surface area contributed by atoms with Gasteiger partial charge in [-0.05, 0) is 72.5 Å². The number of nitrogens with one attached hydrogen (secondary N) is 2. The average molecular weight is 450 g/mol. The van der Waals surface area contributed by atoms with Crippen molar-refractivity contribution in [2.75, 3.05) is 23.9 Å². The first kappa shape index (κ1) is 21.7. The van der Waals surface area contributed by atoms with Gasteiger partial charge in [-0.15, -0.1) is 0 Å². The molecule has 4 rings (SSSR count). The van der Waals surface area contributed by atoms with E-state index in [0.29, 0.717) is 35.1 Å². The molecule has 6 nitrogen and oxygen atoms in total. The Hall–Kier alpha value is -3.51. The first-order valence-electron chi connectivity index (χ1n) is 10.3. The van der Waals surface area contributed by atoms with Crippen molar-refractivity contribution >= 4 is 34.9 Å². The molecule has 0 atom stereocenters. The molecule has 0 saturated carbocycles. The summed E-state index contributed by atoms with van der Waals surface area (Å²) in [5.41, 5.74) is 5.12. The zero-order chi connectivity index (χ0) is 22.7. The first-order valence-corrected chi connectivity index (χ1v) is 10.7. The number of halogens is 1. The van der Waals surface area contributed by atoms with Crippen LogP contribution in [0.1, 0.15) is 27.0 Å². The Kier molecular flexibility index (Phi) is 6.32. The molecule has 0 radical (unpaired) electrons. The summed E-state index contributed by atoms with van der Waals surface area (Å²) in [6.45, 7) is 2.87. The third-order valence-corrected chi connectivity index (χ3v) is 5.76. The van der Waals surface area contributed by atoms with Crippen LogP contribution in [0.3, 0.4) is 0 Å². The Morgan fingerprint density at radius 2 is 1.84 bits per heavy atom. The fraction of sp³-hybridized carbons (Fsp3) is 0.200. The van der Waals surface area contributed by atoms with Crippen LogP contribution >= 0.6 is 11.6 Å². The highest BCUT2D eigenvalue weighted by atomic mass is 35.5. The molecule has 3 aromatic carbocycles.